The van der Waals surface area contributed by atoms with Crippen LogP contribution >= 0.6 is 11.8 Å². The number of nitro groups is 1. The van der Waals surface area contributed by atoms with Crippen molar-refractivity contribution in [3.8, 4) is 0 Å². The van der Waals surface area contributed by atoms with Gasteiger partial charge in [-0.1, -0.05) is 50.3 Å². The van der Waals surface area contributed by atoms with Gasteiger partial charge < -0.3 is 4.90 Å². The number of amides is 4. The third kappa shape index (κ3) is 4.42. The quantitative estimate of drug-likeness (QED) is 0.232. The van der Waals surface area contributed by atoms with Gasteiger partial charge in [-0.05, 0) is 43.9 Å². The minimum atomic E-state index is -0.514. The Morgan fingerprint density at radius 2 is 1.44 bits per heavy atom. The van der Waals surface area contributed by atoms with Crippen molar-refractivity contribution in [1.82, 2.24) is 9.80 Å². The van der Waals surface area contributed by atoms with Crippen LogP contribution in [0.25, 0.3) is 0 Å². The van der Waals surface area contributed by atoms with Crippen LogP contribution < -0.4 is 4.90 Å². The topological polar surface area (TPSA) is 104 Å². The average Bonchev–Trinajstić information content (AvgIpc) is 3.20. The summed E-state index contributed by atoms with van der Waals surface area (Å²) in [6.45, 7) is 0. The number of hydrogen-bond acceptors (Lipinski definition) is 7. The summed E-state index contributed by atoms with van der Waals surface area (Å²) >= 11 is 1.35. The monoisotopic (exact) mass is 510 g/mol. The average molecular weight is 511 g/mol. The van der Waals surface area contributed by atoms with Gasteiger partial charge in [0.2, 0.25) is 0 Å². The third-order valence-corrected chi connectivity index (χ3v) is 8.81. The van der Waals surface area contributed by atoms with Gasteiger partial charge in [-0.2, -0.15) is 0 Å². The Labute approximate surface area is 214 Å². The van der Waals surface area contributed by atoms with E-state index in [2.05, 4.69) is 0 Å². The number of nitrogens with zero attached hydrogens (tertiary/aromatic N) is 4. The maximum absolute atomic E-state index is 13.6. The minimum absolute atomic E-state index is 0.00850. The molecule has 1 aromatic carbocycles. The lowest BCUT2D eigenvalue weighted by atomic mass is 9.91. The van der Waals surface area contributed by atoms with Crippen LogP contribution in [0.2, 0.25) is 0 Å². The van der Waals surface area contributed by atoms with Gasteiger partial charge in [0.1, 0.15) is 5.57 Å². The van der Waals surface area contributed by atoms with Crippen LogP contribution in [0, 0.1) is 10.1 Å². The molecule has 2 aliphatic heterocycles. The van der Waals surface area contributed by atoms with Crippen LogP contribution in [0.1, 0.15) is 64.2 Å². The molecule has 5 rings (SSSR count). The first kappa shape index (κ1) is 24.5. The molecule has 1 aromatic rings. The molecule has 0 bridgehead atoms. The highest BCUT2D eigenvalue weighted by Gasteiger charge is 2.47. The molecular weight excluding hydrogens is 480 g/mol. The van der Waals surface area contributed by atoms with Crippen molar-refractivity contribution in [2.75, 3.05) is 11.9 Å². The molecule has 2 aliphatic carbocycles. The van der Waals surface area contributed by atoms with Gasteiger partial charge in [0, 0.05) is 36.2 Å². The summed E-state index contributed by atoms with van der Waals surface area (Å²) in [4.78, 5) is 56.7. The maximum Gasteiger partial charge on any atom is 0.334 e. The Kier molecular flexibility index (Phi) is 6.87. The molecule has 36 heavy (non-hydrogen) atoms. The van der Waals surface area contributed by atoms with Gasteiger partial charge >= 0.3 is 6.03 Å². The summed E-state index contributed by atoms with van der Waals surface area (Å²) in [5.41, 5.74) is 0.838. The van der Waals surface area contributed by atoms with E-state index in [0.29, 0.717) is 0 Å². The van der Waals surface area contributed by atoms with Crippen LogP contribution in [0.15, 0.2) is 45.8 Å². The molecule has 2 heterocycles. The van der Waals surface area contributed by atoms with Crippen molar-refractivity contribution in [2.24, 2.45) is 0 Å². The predicted molar refractivity (Wildman–Crippen MR) is 136 cm³/mol. The summed E-state index contributed by atoms with van der Waals surface area (Å²) in [5.74, 6) is -1.03. The predicted octanol–water partition coefficient (Wildman–Crippen LogP) is 5.36. The van der Waals surface area contributed by atoms with E-state index in [4.69, 9.17) is 0 Å². The van der Waals surface area contributed by atoms with Crippen LogP contribution in [-0.4, -0.2) is 51.7 Å². The van der Waals surface area contributed by atoms with Crippen molar-refractivity contribution in [1.29, 1.82) is 0 Å². The van der Waals surface area contributed by atoms with Crippen LogP contribution in [-0.2, 0) is 9.59 Å². The van der Waals surface area contributed by atoms with Gasteiger partial charge in [-0.3, -0.25) is 29.5 Å². The van der Waals surface area contributed by atoms with E-state index in [-0.39, 0.29) is 23.3 Å². The van der Waals surface area contributed by atoms with Gasteiger partial charge in [0.15, 0.2) is 0 Å². The largest absolute Gasteiger partial charge is 0.338 e. The molecule has 0 radical (unpaired) electrons. The number of carbonyl (C=O) groups excluding carboxylic acids is 3. The zero-order valence-corrected chi connectivity index (χ0v) is 21.2. The number of benzene rings is 1. The summed E-state index contributed by atoms with van der Waals surface area (Å²) in [7, 11) is 1.84. The summed E-state index contributed by atoms with van der Waals surface area (Å²) in [6.07, 6.45) is 12.4. The molecule has 0 aromatic heterocycles. The summed E-state index contributed by atoms with van der Waals surface area (Å²) < 4.78 is 0. The van der Waals surface area contributed by atoms with Crippen molar-refractivity contribution in [3.63, 3.8) is 0 Å². The van der Waals surface area contributed by atoms with Crippen LogP contribution in [0.4, 0.5) is 16.2 Å². The first-order chi connectivity index (χ1) is 17.4. The molecule has 0 spiro atoms. The fourth-order valence-electron chi connectivity index (χ4n) is 5.68. The number of barbiturate groups is 1. The molecule has 4 aliphatic rings. The van der Waals surface area contributed by atoms with Crippen molar-refractivity contribution in [3.05, 3.63) is 51.1 Å². The Bertz CT molecular complexity index is 1120. The van der Waals surface area contributed by atoms with Gasteiger partial charge in [0.05, 0.1) is 15.6 Å². The zero-order chi connectivity index (χ0) is 25.4. The van der Waals surface area contributed by atoms with E-state index < -0.39 is 22.8 Å². The fourth-order valence-corrected chi connectivity index (χ4v) is 6.77. The molecule has 0 atom stereocenters. The number of carbonyl (C=O) groups is 3. The lowest BCUT2D eigenvalue weighted by Gasteiger charge is -2.43. The second-order valence-electron chi connectivity index (χ2n) is 9.87. The smallest absolute Gasteiger partial charge is 0.334 e. The highest BCUT2D eigenvalue weighted by atomic mass is 32.2. The molecule has 190 valence electrons. The number of urea groups is 1. The number of non-ortho nitro benzene ring substituents is 1. The van der Waals surface area contributed by atoms with Crippen molar-refractivity contribution >= 4 is 41.0 Å². The molecular formula is C26H30N4O5S. The van der Waals surface area contributed by atoms with E-state index in [9.17, 15) is 24.5 Å². The first-order valence-corrected chi connectivity index (χ1v) is 13.5. The number of nitro benzene ring substituents is 1. The summed E-state index contributed by atoms with van der Waals surface area (Å²) in [6, 6.07) is 3.86. The molecule has 9 nitrogen and oxygen atoms in total. The Morgan fingerprint density at radius 1 is 0.889 bits per heavy atom. The van der Waals surface area contributed by atoms with Crippen molar-refractivity contribution in [2.45, 2.75) is 81.2 Å². The molecule has 4 amide bonds. The molecule has 3 fully saturated rings. The number of fused-ring (bicyclic) bond motifs is 1. The third-order valence-electron chi connectivity index (χ3n) is 7.64. The molecule has 10 heteroatoms. The highest BCUT2D eigenvalue weighted by molar-refractivity contribution is 8.03. The zero-order valence-electron chi connectivity index (χ0n) is 20.4. The van der Waals surface area contributed by atoms with E-state index in [1.807, 2.05) is 11.9 Å². The van der Waals surface area contributed by atoms with Crippen molar-refractivity contribution < 1.29 is 19.3 Å². The summed E-state index contributed by atoms with van der Waals surface area (Å²) in [5, 5.41) is 11.9. The van der Waals surface area contributed by atoms with Gasteiger partial charge in [0.25, 0.3) is 17.5 Å². The van der Waals surface area contributed by atoms with Crippen LogP contribution in [0.3, 0.4) is 0 Å². The van der Waals surface area contributed by atoms with Crippen LogP contribution in [0.5, 0.6) is 0 Å². The molecule has 0 N–H and O–H groups in total. The first-order valence-electron chi connectivity index (χ1n) is 12.7. The number of rotatable bonds is 4. The fraction of sp³-hybridized carbons (Fsp3) is 0.500. The number of imide groups is 2. The number of anilines is 1. The van der Waals surface area contributed by atoms with E-state index in [0.717, 1.165) is 79.8 Å². The minimum Gasteiger partial charge on any atom is -0.338 e. The molecule has 1 saturated heterocycles. The number of thioether (sulfide) groups is 1. The van der Waals surface area contributed by atoms with Gasteiger partial charge in [-0.25, -0.2) is 4.79 Å². The lowest BCUT2D eigenvalue weighted by molar-refractivity contribution is -0.385. The molecule has 2 saturated carbocycles. The Balaban J connectivity index is 1.48. The maximum atomic E-state index is 13.6. The van der Waals surface area contributed by atoms with E-state index in [1.165, 1.54) is 39.8 Å². The lowest BCUT2D eigenvalue weighted by Crippen LogP contribution is -2.62. The number of allylic oxidation sites excluding steroid dienone is 2. The molecule has 0 unspecified atom stereocenters. The Hall–Kier alpha value is -3.14. The number of hydrogen-bond donors (Lipinski definition) is 0. The second kappa shape index (κ2) is 10.1. The van der Waals surface area contributed by atoms with E-state index in [1.54, 1.807) is 12.1 Å². The second-order valence-corrected chi connectivity index (χ2v) is 10.9. The highest BCUT2D eigenvalue weighted by Crippen LogP contribution is 2.46. The van der Waals surface area contributed by atoms with Gasteiger partial charge in [-0.15, -0.1) is 0 Å². The van der Waals surface area contributed by atoms with E-state index >= 15 is 0 Å². The Morgan fingerprint density at radius 3 is 1.97 bits per heavy atom. The SMILES string of the molecule is CN1/C(=C/C=C2C(=O)N(C3CCCCC3)C(=O)N(C3CCCCC3)C2=O)Sc2cc([N+](=O)[O-])ccc21. The normalized spacial score (nSPS) is 23.0. The standard InChI is InChI=1S/C26H30N4O5S/c1-27-21-14-12-19(30(34)35)16-22(21)36-23(27)15-13-20-24(31)28(17-8-4-2-5-9-17)26(33)29(25(20)32)18-10-6-3-7-11-18/h12-18H,2-11H2,1H3/b23-15-.